The van der Waals surface area contributed by atoms with Crippen LogP contribution in [0.3, 0.4) is 0 Å². The van der Waals surface area contributed by atoms with Crippen LogP contribution in [0.1, 0.15) is 23.9 Å². The molecule has 0 saturated heterocycles. The predicted molar refractivity (Wildman–Crippen MR) is 128 cm³/mol. The zero-order chi connectivity index (χ0) is 21.6. The van der Waals surface area contributed by atoms with E-state index in [4.69, 9.17) is 21.1 Å². The van der Waals surface area contributed by atoms with E-state index in [1.165, 1.54) is 0 Å². The first kappa shape index (κ1) is 21.7. The van der Waals surface area contributed by atoms with Crippen molar-refractivity contribution < 1.29 is 9.47 Å². The van der Waals surface area contributed by atoms with Crippen molar-refractivity contribution in [2.45, 2.75) is 26.6 Å². The van der Waals surface area contributed by atoms with E-state index in [2.05, 4.69) is 31.2 Å². The summed E-state index contributed by atoms with van der Waals surface area (Å²) in [6.45, 7) is 4.17. The Balaban J connectivity index is 1.43. The number of hydrogen-bond donors (Lipinski definition) is 2. The molecule has 0 amide bonds. The highest BCUT2D eigenvalue weighted by atomic mass is 79.9. The van der Waals surface area contributed by atoms with Crippen LogP contribution in [0.25, 0.3) is 11.0 Å². The molecule has 0 unspecified atom stereocenters. The lowest BCUT2D eigenvalue weighted by Gasteiger charge is -2.16. The molecule has 31 heavy (non-hydrogen) atoms. The first-order valence-electron chi connectivity index (χ1n) is 10.1. The summed E-state index contributed by atoms with van der Waals surface area (Å²) in [4.78, 5) is 7.94. The van der Waals surface area contributed by atoms with Crippen LogP contribution in [-0.2, 0) is 19.7 Å². The van der Waals surface area contributed by atoms with Crippen molar-refractivity contribution in [3.05, 3.63) is 87.1 Å². The molecule has 0 aliphatic carbocycles. The number of fused-ring (bicyclic) bond motifs is 1. The fourth-order valence-corrected chi connectivity index (χ4v) is 3.92. The number of nitrogens with zero attached hydrogens (tertiary/aromatic N) is 1. The summed E-state index contributed by atoms with van der Waals surface area (Å²) in [5.74, 6) is 2.29. The molecule has 0 bridgehead atoms. The molecule has 3 aromatic carbocycles. The summed E-state index contributed by atoms with van der Waals surface area (Å²) in [6.07, 6.45) is 0. The van der Waals surface area contributed by atoms with Gasteiger partial charge in [-0.2, -0.15) is 0 Å². The van der Waals surface area contributed by atoms with Gasteiger partial charge < -0.3 is 19.8 Å². The van der Waals surface area contributed by atoms with Gasteiger partial charge in [0.25, 0.3) is 0 Å². The van der Waals surface area contributed by atoms with Gasteiger partial charge in [0, 0.05) is 21.6 Å². The van der Waals surface area contributed by atoms with Crippen LogP contribution in [-0.4, -0.2) is 16.6 Å². The number of hydrogen-bond acceptors (Lipinski definition) is 4. The molecule has 0 fully saturated rings. The zero-order valence-electron chi connectivity index (χ0n) is 17.1. The van der Waals surface area contributed by atoms with Gasteiger partial charge in [-0.1, -0.05) is 57.9 Å². The predicted octanol–water partition coefficient (Wildman–Crippen LogP) is 6.25. The number of benzene rings is 3. The summed E-state index contributed by atoms with van der Waals surface area (Å²) in [7, 11) is 0. The average molecular weight is 501 g/mol. The van der Waals surface area contributed by atoms with Gasteiger partial charge in [0.2, 0.25) is 0 Å². The van der Waals surface area contributed by atoms with Crippen LogP contribution in [0.15, 0.2) is 65.1 Å². The smallest absolute Gasteiger partial charge is 0.162 e. The number of aromatic amines is 1. The second kappa shape index (κ2) is 10.2. The van der Waals surface area contributed by atoms with Gasteiger partial charge >= 0.3 is 0 Å². The SMILES string of the molecule is CCOc1cc(CNCc2nc3ccccc3[nH]2)c(Br)cc1OCc1ccccc1Cl. The number of halogens is 2. The molecule has 1 heterocycles. The summed E-state index contributed by atoms with van der Waals surface area (Å²) < 4.78 is 12.8. The van der Waals surface area contributed by atoms with Crippen molar-refractivity contribution in [3.8, 4) is 11.5 Å². The summed E-state index contributed by atoms with van der Waals surface area (Å²) in [5.41, 5.74) is 4.02. The molecule has 0 aliphatic heterocycles. The Bertz CT molecular complexity index is 1150. The minimum atomic E-state index is 0.371. The van der Waals surface area contributed by atoms with Gasteiger partial charge in [0.1, 0.15) is 12.4 Å². The number of nitrogens with one attached hydrogen (secondary N) is 2. The van der Waals surface area contributed by atoms with E-state index >= 15 is 0 Å². The van der Waals surface area contributed by atoms with E-state index in [1.807, 2.05) is 67.6 Å². The first-order chi connectivity index (χ1) is 15.1. The lowest BCUT2D eigenvalue weighted by atomic mass is 10.2. The topological polar surface area (TPSA) is 59.2 Å². The molecular formula is C24H23BrClN3O2. The van der Waals surface area contributed by atoms with Crippen LogP contribution in [0, 0.1) is 0 Å². The zero-order valence-corrected chi connectivity index (χ0v) is 19.5. The quantitative estimate of drug-likeness (QED) is 0.285. The Morgan fingerprint density at radius 1 is 0.968 bits per heavy atom. The summed E-state index contributed by atoms with van der Waals surface area (Å²) in [5, 5.41) is 4.12. The molecule has 4 rings (SSSR count). The largest absolute Gasteiger partial charge is 0.490 e. The van der Waals surface area contributed by atoms with Crippen molar-refractivity contribution in [3.63, 3.8) is 0 Å². The van der Waals surface area contributed by atoms with E-state index in [1.54, 1.807) is 0 Å². The van der Waals surface area contributed by atoms with Crippen molar-refractivity contribution in [2.24, 2.45) is 0 Å². The minimum absolute atomic E-state index is 0.371. The minimum Gasteiger partial charge on any atom is -0.490 e. The Morgan fingerprint density at radius 2 is 1.74 bits per heavy atom. The molecule has 1 aromatic heterocycles. The molecule has 160 valence electrons. The van der Waals surface area contributed by atoms with Crippen molar-refractivity contribution in [2.75, 3.05) is 6.61 Å². The molecule has 0 spiro atoms. The van der Waals surface area contributed by atoms with E-state index < -0.39 is 0 Å². The van der Waals surface area contributed by atoms with Gasteiger partial charge in [-0.05, 0) is 42.8 Å². The maximum absolute atomic E-state index is 6.25. The average Bonchev–Trinajstić information content (AvgIpc) is 3.18. The highest BCUT2D eigenvalue weighted by Gasteiger charge is 2.12. The molecule has 7 heteroatoms. The standard InChI is InChI=1S/C24H23BrClN3O2/c1-2-30-22-11-17(13-27-14-24-28-20-9-5-6-10-21(20)29-24)18(25)12-23(22)31-15-16-7-3-4-8-19(16)26/h3-12,27H,2,13-15H2,1H3,(H,28,29). The molecule has 0 aliphatic rings. The molecule has 2 N–H and O–H groups in total. The van der Waals surface area contributed by atoms with Crippen molar-refractivity contribution in [1.29, 1.82) is 0 Å². The highest BCUT2D eigenvalue weighted by Crippen LogP contribution is 2.35. The second-order valence-electron chi connectivity index (χ2n) is 7.01. The molecular weight excluding hydrogens is 478 g/mol. The Kier molecular flexibility index (Phi) is 7.12. The number of ether oxygens (including phenoxy) is 2. The Morgan fingerprint density at radius 3 is 2.55 bits per heavy atom. The van der Waals surface area contributed by atoms with E-state index in [0.717, 1.165) is 32.5 Å². The van der Waals surface area contributed by atoms with Crippen LogP contribution in [0.5, 0.6) is 11.5 Å². The Hall–Kier alpha value is -2.54. The third kappa shape index (κ3) is 5.39. The number of para-hydroxylation sites is 2. The first-order valence-corrected chi connectivity index (χ1v) is 11.3. The molecule has 0 radical (unpaired) electrons. The van der Waals surface area contributed by atoms with Gasteiger partial charge in [0.15, 0.2) is 11.5 Å². The van der Waals surface area contributed by atoms with Crippen LogP contribution in [0.4, 0.5) is 0 Å². The number of imidazole rings is 1. The van der Waals surface area contributed by atoms with Crippen LogP contribution >= 0.6 is 27.5 Å². The van der Waals surface area contributed by atoms with Crippen LogP contribution < -0.4 is 14.8 Å². The van der Waals surface area contributed by atoms with Crippen LogP contribution in [0.2, 0.25) is 5.02 Å². The molecule has 5 nitrogen and oxygen atoms in total. The van der Waals surface area contributed by atoms with Gasteiger partial charge in [0.05, 0.1) is 24.2 Å². The normalized spacial score (nSPS) is 11.1. The molecule has 0 saturated carbocycles. The monoisotopic (exact) mass is 499 g/mol. The van der Waals surface area contributed by atoms with Crippen molar-refractivity contribution in [1.82, 2.24) is 15.3 Å². The summed E-state index contributed by atoms with van der Waals surface area (Å²) >= 11 is 9.91. The van der Waals surface area contributed by atoms with Gasteiger partial charge in [-0.15, -0.1) is 0 Å². The lowest BCUT2D eigenvalue weighted by molar-refractivity contribution is 0.269. The van der Waals surface area contributed by atoms with Crippen molar-refractivity contribution >= 4 is 38.6 Å². The van der Waals surface area contributed by atoms with E-state index in [-0.39, 0.29) is 0 Å². The van der Waals surface area contributed by atoms with Gasteiger partial charge in [-0.25, -0.2) is 4.98 Å². The van der Waals surface area contributed by atoms with E-state index in [9.17, 15) is 0 Å². The highest BCUT2D eigenvalue weighted by molar-refractivity contribution is 9.10. The summed E-state index contributed by atoms with van der Waals surface area (Å²) in [6, 6.07) is 19.6. The van der Waals surface area contributed by atoms with Gasteiger partial charge in [-0.3, -0.25) is 0 Å². The fourth-order valence-electron chi connectivity index (χ4n) is 3.27. The Labute approximate surface area is 194 Å². The number of rotatable bonds is 9. The maximum atomic E-state index is 6.25. The second-order valence-corrected chi connectivity index (χ2v) is 8.27. The number of H-pyrrole nitrogens is 1. The molecule has 4 aromatic rings. The maximum Gasteiger partial charge on any atom is 0.162 e. The fraction of sp³-hybridized carbons (Fsp3) is 0.208. The molecule has 0 atom stereocenters. The number of aromatic nitrogens is 2. The third-order valence-electron chi connectivity index (χ3n) is 4.80. The van der Waals surface area contributed by atoms with E-state index in [0.29, 0.717) is 42.8 Å². The third-order valence-corrected chi connectivity index (χ3v) is 5.91. The lowest BCUT2D eigenvalue weighted by Crippen LogP contribution is -2.14.